The fourth-order valence-electron chi connectivity index (χ4n) is 3.39. The van der Waals surface area contributed by atoms with Crippen molar-refractivity contribution < 1.29 is 22.5 Å². The van der Waals surface area contributed by atoms with E-state index in [1.807, 2.05) is 0 Å². The van der Waals surface area contributed by atoms with Gasteiger partial charge in [0.15, 0.2) is 5.75 Å². The van der Waals surface area contributed by atoms with Gasteiger partial charge in [0.05, 0.1) is 0 Å². The molecule has 0 saturated heterocycles. The highest BCUT2D eigenvalue weighted by Crippen LogP contribution is 2.23. The zero-order valence-corrected chi connectivity index (χ0v) is 18.7. The quantitative estimate of drug-likeness (QED) is 0.130. The molecule has 0 saturated carbocycles. The molecule has 0 aliphatic rings. The van der Waals surface area contributed by atoms with Crippen molar-refractivity contribution in [3.63, 3.8) is 0 Å². The van der Waals surface area contributed by atoms with Crippen molar-refractivity contribution in [3.05, 3.63) is 24.3 Å². The lowest BCUT2D eigenvalue weighted by atomic mass is 10.0. The molecule has 0 heterocycles. The summed E-state index contributed by atoms with van der Waals surface area (Å²) in [5.41, 5.74) is 0. The van der Waals surface area contributed by atoms with Crippen LogP contribution in [0, 0.1) is 0 Å². The van der Waals surface area contributed by atoms with Gasteiger partial charge in [0.25, 0.3) is 10.1 Å². The number of para-hydroxylation sites is 1. The highest BCUT2D eigenvalue weighted by Gasteiger charge is 2.18. The first-order valence-electron chi connectivity index (χ1n) is 11.2. The highest BCUT2D eigenvalue weighted by atomic mass is 32.2. The van der Waals surface area contributed by atoms with Crippen LogP contribution in [0.5, 0.6) is 5.75 Å². The van der Waals surface area contributed by atoms with E-state index < -0.39 is 16.1 Å². The first-order chi connectivity index (χ1) is 13.9. The van der Waals surface area contributed by atoms with Gasteiger partial charge in [-0.15, -0.1) is 0 Å². The van der Waals surface area contributed by atoms with E-state index in [4.69, 9.17) is 4.74 Å². The molecule has 0 spiro atoms. The highest BCUT2D eigenvalue weighted by molar-refractivity contribution is 7.86. The SMILES string of the molecule is CCCCCCCCCCCCCCCCC(=O)Oc1ccccc1S(=O)(=O)O. The molecule has 1 N–H and O–H groups in total. The Kier molecular flexibility index (Phi) is 13.7. The number of esters is 1. The molecule has 0 aromatic heterocycles. The third-order valence-corrected chi connectivity index (χ3v) is 5.98. The summed E-state index contributed by atoms with van der Waals surface area (Å²) in [5.74, 6) is -0.592. The summed E-state index contributed by atoms with van der Waals surface area (Å²) in [7, 11) is -4.41. The van der Waals surface area contributed by atoms with Gasteiger partial charge >= 0.3 is 5.97 Å². The molecular weight excluding hydrogens is 388 g/mol. The fourth-order valence-corrected chi connectivity index (χ4v) is 4.00. The topological polar surface area (TPSA) is 80.7 Å². The third kappa shape index (κ3) is 12.7. The Hall–Kier alpha value is -1.40. The maximum Gasteiger partial charge on any atom is 0.311 e. The van der Waals surface area contributed by atoms with Crippen LogP contribution in [0.3, 0.4) is 0 Å². The van der Waals surface area contributed by atoms with Gasteiger partial charge in [0.2, 0.25) is 0 Å². The zero-order valence-electron chi connectivity index (χ0n) is 17.9. The van der Waals surface area contributed by atoms with Crippen molar-refractivity contribution in [2.75, 3.05) is 0 Å². The molecular formula is C23H38O5S. The van der Waals surface area contributed by atoms with Gasteiger partial charge < -0.3 is 4.74 Å². The second kappa shape index (κ2) is 15.4. The van der Waals surface area contributed by atoms with E-state index in [0.29, 0.717) is 0 Å². The van der Waals surface area contributed by atoms with E-state index >= 15 is 0 Å². The Morgan fingerprint density at radius 3 is 1.72 bits per heavy atom. The van der Waals surface area contributed by atoms with Crippen molar-refractivity contribution in [2.24, 2.45) is 0 Å². The van der Waals surface area contributed by atoms with Gasteiger partial charge in [0.1, 0.15) is 4.90 Å². The van der Waals surface area contributed by atoms with Crippen LogP contribution >= 0.6 is 0 Å². The number of hydrogen-bond acceptors (Lipinski definition) is 4. The number of carbonyl (C=O) groups excluding carboxylic acids is 1. The lowest BCUT2D eigenvalue weighted by Crippen LogP contribution is -2.10. The maximum atomic E-state index is 11.9. The van der Waals surface area contributed by atoms with Crippen LogP contribution in [0.1, 0.15) is 103 Å². The van der Waals surface area contributed by atoms with Crippen molar-refractivity contribution >= 4 is 16.1 Å². The molecule has 1 aromatic carbocycles. The van der Waals surface area contributed by atoms with Gasteiger partial charge in [0, 0.05) is 6.42 Å². The lowest BCUT2D eigenvalue weighted by Gasteiger charge is -2.08. The Morgan fingerprint density at radius 2 is 1.24 bits per heavy atom. The number of ether oxygens (including phenoxy) is 1. The van der Waals surface area contributed by atoms with Gasteiger partial charge in [-0.05, 0) is 18.6 Å². The molecule has 0 amide bonds. The van der Waals surface area contributed by atoms with E-state index in [1.54, 1.807) is 6.07 Å². The van der Waals surface area contributed by atoms with Gasteiger partial charge in [-0.2, -0.15) is 8.42 Å². The lowest BCUT2D eigenvalue weighted by molar-refractivity contribution is -0.134. The van der Waals surface area contributed by atoms with Gasteiger partial charge in [-0.25, -0.2) is 0 Å². The first kappa shape index (κ1) is 25.6. The Balaban J connectivity index is 2.01. The molecule has 0 aliphatic heterocycles. The van der Waals surface area contributed by atoms with E-state index in [2.05, 4.69) is 6.92 Å². The standard InChI is InChI=1S/C23H38O5S/c1-2-3-4-5-6-7-8-9-10-11-12-13-14-15-20-23(24)28-21-18-16-17-19-22(21)29(25,26)27/h16-19H,2-15,20H2,1H3,(H,25,26,27). The Labute approximate surface area is 177 Å². The number of benzene rings is 1. The monoisotopic (exact) mass is 426 g/mol. The molecule has 0 bridgehead atoms. The summed E-state index contributed by atoms with van der Waals surface area (Å²) >= 11 is 0. The maximum absolute atomic E-state index is 11.9. The van der Waals surface area contributed by atoms with Crippen LogP contribution in [0.4, 0.5) is 0 Å². The smallest absolute Gasteiger partial charge is 0.311 e. The summed E-state index contributed by atoms with van der Waals surface area (Å²) in [5, 5.41) is 0. The van der Waals surface area contributed by atoms with Crippen LogP contribution in [-0.2, 0) is 14.9 Å². The summed E-state index contributed by atoms with van der Waals surface area (Å²) in [6.07, 6.45) is 17.7. The van der Waals surface area contributed by atoms with Gasteiger partial charge in [-0.3, -0.25) is 9.35 Å². The van der Waals surface area contributed by atoms with Crippen LogP contribution in [0.15, 0.2) is 29.2 Å². The van der Waals surface area contributed by atoms with Crippen molar-refractivity contribution in [2.45, 2.75) is 108 Å². The second-order valence-corrected chi connectivity index (χ2v) is 9.13. The number of hydrogen-bond donors (Lipinski definition) is 1. The van der Waals surface area contributed by atoms with E-state index in [-0.39, 0.29) is 17.1 Å². The largest absolute Gasteiger partial charge is 0.425 e. The third-order valence-electron chi connectivity index (χ3n) is 5.09. The summed E-state index contributed by atoms with van der Waals surface area (Å²) in [4.78, 5) is 11.5. The van der Waals surface area contributed by atoms with E-state index in [9.17, 15) is 17.8 Å². The minimum Gasteiger partial charge on any atom is -0.425 e. The Bertz CT molecular complexity index is 670. The van der Waals surface area contributed by atoms with Crippen LogP contribution < -0.4 is 4.74 Å². The van der Waals surface area contributed by atoms with Crippen LogP contribution in [-0.4, -0.2) is 18.9 Å². The van der Waals surface area contributed by atoms with Crippen molar-refractivity contribution in [1.82, 2.24) is 0 Å². The second-order valence-electron chi connectivity index (χ2n) is 7.74. The molecule has 0 radical (unpaired) electrons. The van der Waals surface area contributed by atoms with E-state index in [0.717, 1.165) is 19.3 Å². The molecule has 166 valence electrons. The first-order valence-corrected chi connectivity index (χ1v) is 12.7. The predicted octanol–water partition coefficient (Wildman–Crippen LogP) is 6.71. The predicted molar refractivity (Wildman–Crippen MR) is 117 cm³/mol. The molecule has 29 heavy (non-hydrogen) atoms. The Morgan fingerprint density at radius 1 is 0.793 bits per heavy atom. The van der Waals surface area contributed by atoms with Crippen molar-refractivity contribution in [3.8, 4) is 5.75 Å². The number of rotatable bonds is 17. The van der Waals surface area contributed by atoms with E-state index in [1.165, 1.54) is 88.8 Å². The minimum absolute atomic E-state index is 0.120. The molecule has 0 atom stereocenters. The summed E-state index contributed by atoms with van der Waals surface area (Å²) < 4.78 is 36.9. The molecule has 0 aliphatic carbocycles. The van der Waals surface area contributed by atoms with Crippen LogP contribution in [0.25, 0.3) is 0 Å². The zero-order chi connectivity index (χ0) is 21.4. The molecule has 6 heteroatoms. The molecule has 1 rings (SSSR count). The normalized spacial score (nSPS) is 11.5. The average molecular weight is 427 g/mol. The number of unbranched alkanes of at least 4 members (excludes halogenated alkanes) is 13. The molecule has 1 aromatic rings. The number of carbonyl (C=O) groups is 1. The van der Waals surface area contributed by atoms with Crippen LogP contribution in [0.2, 0.25) is 0 Å². The molecule has 0 unspecified atom stereocenters. The van der Waals surface area contributed by atoms with Crippen molar-refractivity contribution in [1.29, 1.82) is 0 Å². The summed E-state index contributed by atoms with van der Waals surface area (Å²) in [6.45, 7) is 2.25. The summed E-state index contributed by atoms with van der Waals surface area (Å²) in [6, 6.07) is 5.61. The van der Waals surface area contributed by atoms with Gasteiger partial charge in [-0.1, -0.05) is 103 Å². The molecule has 5 nitrogen and oxygen atoms in total. The fraction of sp³-hybridized carbons (Fsp3) is 0.696. The minimum atomic E-state index is -4.41. The molecule has 0 fully saturated rings. The average Bonchev–Trinajstić information content (AvgIpc) is 2.68.